The van der Waals surface area contributed by atoms with Crippen LogP contribution in [-0.4, -0.2) is 272 Å². The third-order valence-electron chi connectivity index (χ3n) is 21.0. The van der Waals surface area contributed by atoms with Crippen LogP contribution in [-0.2, 0) is 76.7 Å². The predicted octanol–water partition coefficient (Wildman–Crippen LogP) is -4.79. The molecule has 5 heterocycles. The number of carbonyl (C=O) groups excluding carboxylic acids is 16. The van der Waals surface area contributed by atoms with Crippen LogP contribution in [0.2, 0.25) is 0 Å². The number of guanidine groups is 1. The molecule has 5 aliphatic rings. The fraction of sp³-hybridized carbons (Fsp3) is 0.764. The van der Waals surface area contributed by atoms with Crippen LogP contribution in [0.5, 0.6) is 0 Å². The zero-order valence-electron chi connectivity index (χ0n) is 66.5. The van der Waals surface area contributed by atoms with Crippen LogP contribution in [0.1, 0.15) is 179 Å². The van der Waals surface area contributed by atoms with Crippen molar-refractivity contribution < 1.29 is 86.9 Å². The summed E-state index contributed by atoms with van der Waals surface area (Å²) in [6.07, 6.45) is 1.22. The highest BCUT2D eigenvalue weighted by Crippen LogP contribution is 2.39. The molecule has 112 heavy (non-hydrogen) atoms. The van der Waals surface area contributed by atoms with Gasteiger partial charge in [-0.1, -0.05) is 103 Å². The van der Waals surface area contributed by atoms with Crippen molar-refractivity contribution in [2.75, 3.05) is 51.7 Å². The molecule has 0 aromatic heterocycles. The molecule has 0 aromatic carbocycles. The van der Waals surface area contributed by atoms with Gasteiger partial charge in [0.25, 0.3) is 0 Å². The molecular formula is C72H122N20O18S2. The van der Waals surface area contributed by atoms with E-state index in [1.54, 1.807) is 62.3 Å². The number of hydrogen-bond acceptors (Lipinski definition) is 22. The molecule has 18 atom stereocenters. The van der Waals surface area contributed by atoms with Crippen molar-refractivity contribution >= 4 is 122 Å². The van der Waals surface area contributed by atoms with Gasteiger partial charge in [-0.25, -0.2) is 0 Å². The number of aliphatic hydroxyl groups is 2. The molecular weight excluding hydrogens is 1500 g/mol. The van der Waals surface area contributed by atoms with Crippen molar-refractivity contribution in [3.05, 3.63) is 0 Å². The standard InChI is InChI=1S/C72H122N20O18S2/c1-13-36(4)51-64(105)85-46-35-111-112-72(11,12)54(66(107)88-53(38(6)15-3)69(110)91-29-19-23-47(91)62(103)81-42(55(74)96)31-50(95)77-26-16-21-40(73)57(98)79-39(7)56(97)86-51)89-65(106)52(37(5)14-2)87-63(104)48-24-18-28-90(48)68(109)49-25-20-30-92(49)67(108)43(32-71(8,9)10)82-60(101)45(34-94)83-58(99)41(22-17-27-78-70(75)76)80-59(100)44(33-93)84-61(46)102/h36-49,51-54,93-94H,13-35,73H2,1-12H3,(H2,74,96)(H,77,95)(H,79,98)(H,80,100)(H,81,103)(H,82,101)(H,83,99)(H,84,102)(H,85,105)(H,86,97)(H,87,104)(H,88,107)(H,89,106)(H4,75,76,78)/t36-,37-,38-,39-,40-,41-,42-,43-,44-,45-,46-,47-,48-,49-,51-,52-,53-,54+/m0/s1. The Bertz CT molecular complexity index is 3420. The second-order valence-corrected chi connectivity index (χ2v) is 34.5. The van der Waals surface area contributed by atoms with Crippen LogP contribution in [0.3, 0.4) is 0 Å². The van der Waals surface area contributed by atoms with Crippen molar-refractivity contribution in [2.24, 2.45) is 51.1 Å². The van der Waals surface area contributed by atoms with Crippen molar-refractivity contribution in [3.8, 4) is 0 Å². The highest BCUT2D eigenvalue weighted by Gasteiger charge is 2.49. The zero-order chi connectivity index (χ0) is 83.8. The molecule has 22 N–H and O–H groups in total. The molecule has 0 radical (unpaired) electrons. The monoisotopic (exact) mass is 1620 g/mol. The van der Waals surface area contributed by atoms with Crippen molar-refractivity contribution in [1.82, 2.24) is 78.5 Å². The summed E-state index contributed by atoms with van der Waals surface area (Å²) in [6.45, 7) is 17.7. The van der Waals surface area contributed by atoms with Gasteiger partial charge in [0.1, 0.15) is 84.6 Å². The largest absolute Gasteiger partial charge is 0.394 e. The highest BCUT2D eigenvalue weighted by atomic mass is 33.1. The van der Waals surface area contributed by atoms with Gasteiger partial charge in [-0.2, -0.15) is 0 Å². The Labute approximate surface area is 662 Å². The molecule has 5 aliphatic heterocycles. The normalized spacial score (nSPS) is 30.2. The van der Waals surface area contributed by atoms with E-state index in [0.29, 0.717) is 12.8 Å². The third kappa shape index (κ3) is 26.8. The molecule has 16 amide bonds. The van der Waals surface area contributed by atoms with Crippen LogP contribution in [0.4, 0.5) is 0 Å². The van der Waals surface area contributed by atoms with E-state index in [9.17, 15) is 63.0 Å². The second-order valence-electron chi connectivity index (χ2n) is 31.5. The maximum atomic E-state index is 15.7. The molecule has 0 saturated carbocycles. The van der Waals surface area contributed by atoms with Gasteiger partial charge in [0, 0.05) is 43.2 Å². The summed E-state index contributed by atoms with van der Waals surface area (Å²) in [5.41, 5.74) is 22.5. The quantitative estimate of drug-likeness (QED) is 0.0336. The van der Waals surface area contributed by atoms with Crippen molar-refractivity contribution in [2.45, 2.75) is 275 Å². The van der Waals surface area contributed by atoms with E-state index in [2.05, 4.69) is 68.8 Å². The molecule has 0 aromatic rings. The van der Waals surface area contributed by atoms with Gasteiger partial charge < -0.3 is 112 Å². The second kappa shape index (κ2) is 43.6. The number of primary amides is 1. The fourth-order valence-corrected chi connectivity index (χ4v) is 16.5. The summed E-state index contributed by atoms with van der Waals surface area (Å²) < 4.78 is -1.60. The van der Waals surface area contributed by atoms with Gasteiger partial charge in [0.05, 0.1) is 25.7 Å². The third-order valence-corrected chi connectivity index (χ3v) is 24.3. The van der Waals surface area contributed by atoms with Gasteiger partial charge in [-0.05, 0) is 115 Å². The summed E-state index contributed by atoms with van der Waals surface area (Å²) in [4.78, 5) is 241. The van der Waals surface area contributed by atoms with E-state index in [1.165, 1.54) is 35.5 Å². The van der Waals surface area contributed by atoms with Gasteiger partial charge in [-0.15, -0.1) is 0 Å². The molecule has 5 fully saturated rings. The predicted molar refractivity (Wildman–Crippen MR) is 416 cm³/mol. The number of nitrogens with two attached hydrogens (primary N) is 4. The lowest BCUT2D eigenvalue weighted by atomic mass is 9.87. The van der Waals surface area contributed by atoms with Crippen molar-refractivity contribution in [3.63, 3.8) is 0 Å². The first kappa shape index (κ1) is 94.0. The van der Waals surface area contributed by atoms with Gasteiger partial charge in [0.15, 0.2) is 5.96 Å². The average molecular weight is 1620 g/mol. The lowest BCUT2D eigenvalue weighted by Gasteiger charge is -2.37. The molecule has 0 aliphatic carbocycles. The summed E-state index contributed by atoms with van der Waals surface area (Å²) in [6, 6.07) is -22.3. The minimum absolute atomic E-state index is 0.00165. The van der Waals surface area contributed by atoms with E-state index >= 15 is 24.0 Å². The van der Waals surface area contributed by atoms with E-state index < -0.39 is 238 Å². The lowest BCUT2D eigenvalue weighted by molar-refractivity contribution is -0.148. The Kier molecular flexibility index (Phi) is 36.6. The van der Waals surface area contributed by atoms with Gasteiger partial charge in [0.2, 0.25) is 94.5 Å². The minimum atomic E-state index is -1.94. The number of aliphatic hydroxyl groups excluding tert-OH is 2. The Morgan fingerprint density at radius 2 is 1.01 bits per heavy atom. The SMILES string of the molecule is CC[C@H](C)[C@@H]1NC(=O)[C@H](C)NC(=O)[C@@H](N)CCCNC(=O)C[C@@H](C(N)=O)NC(=O)[C@@H]2CCCN2C(=O)[C@H]([C@@H](C)CC)NC(=O)[C@H]2NC(=O)[C@H]([C@@H](C)CC)NC(=O)[C@@H]3CCCN3C(=O)[C@@H]3CCCN3C(=O)[C@H](CC(C)(C)C)NC(=O)[C@H](CO)NC(=O)[C@H](CCCN=C(N)N)NC(=O)[C@H](CO)NC(=O)[C@H](CSSC2(C)C)NC1=O. The number of rotatable bonds is 14. The van der Waals surface area contributed by atoms with Gasteiger partial charge >= 0.3 is 0 Å². The van der Waals surface area contributed by atoms with E-state index in [-0.39, 0.29) is 116 Å². The Morgan fingerprint density at radius 3 is 1.54 bits per heavy atom. The maximum Gasteiger partial charge on any atom is 0.246 e. The maximum absolute atomic E-state index is 15.7. The number of fused-ring (bicyclic) bond motifs is 8. The summed E-state index contributed by atoms with van der Waals surface area (Å²) in [5.74, 6) is -17.2. The highest BCUT2D eigenvalue weighted by molar-refractivity contribution is 8.77. The summed E-state index contributed by atoms with van der Waals surface area (Å²) in [7, 11) is 1.74. The zero-order valence-corrected chi connectivity index (χ0v) is 68.1. The number of carbonyl (C=O) groups is 16. The molecule has 5 rings (SSSR count). The fourth-order valence-electron chi connectivity index (χ4n) is 13.7. The van der Waals surface area contributed by atoms with Crippen LogP contribution in [0.15, 0.2) is 4.99 Å². The number of nitrogens with one attached hydrogen (secondary N) is 12. The Hall–Kier alpha value is -8.63. The number of nitrogens with zero attached hydrogens (tertiary/aromatic N) is 4. The topological polar surface area (TPSA) is 584 Å². The first-order valence-corrected chi connectivity index (χ1v) is 41.1. The molecule has 40 heteroatoms. The molecule has 0 spiro atoms. The first-order valence-electron chi connectivity index (χ1n) is 38.8. The summed E-state index contributed by atoms with van der Waals surface area (Å²) in [5, 5.41) is 53.3. The van der Waals surface area contributed by atoms with Crippen LogP contribution in [0, 0.1) is 23.2 Å². The van der Waals surface area contributed by atoms with E-state index in [1.807, 2.05) is 0 Å². The van der Waals surface area contributed by atoms with Crippen LogP contribution in [0.25, 0.3) is 0 Å². The van der Waals surface area contributed by atoms with Crippen molar-refractivity contribution in [1.29, 1.82) is 0 Å². The molecule has 2 bridgehead atoms. The molecule has 0 unspecified atom stereocenters. The van der Waals surface area contributed by atoms with E-state index in [0.717, 1.165) is 21.6 Å². The van der Waals surface area contributed by atoms with Crippen LogP contribution >= 0.6 is 21.6 Å². The smallest absolute Gasteiger partial charge is 0.246 e. The molecule has 630 valence electrons. The number of hydrogen-bond donors (Lipinski definition) is 18. The Balaban J connectivity index is 1.73. The summed E-state index contributed by atoms with van der Waals surface area (Å²) >= 11 is 0. The average Bonchev–Trinajstić information content (AvgIpc) is 1.64. The molecule has 38 nitrogen and oxygen atoms in total. The molecule has 5 saturated heterocycles. The first-order chi connectivity index (χ1) is 52.6. The van der Waals surface area contributed by atoms with E-state index in [4.69, 9.17) is 22.9 Å². The number of amides is 16. The van der Waals surface area contributed by atoms with Crippen LogP contribution < -0.4 is 86.7 Å². The Morgan fingerprint density at radius 1 is 0.536 bits per heavy atom. The number of aliphatic imine (C=N–C) groups is 1. The lowest BCUT2D eigenvalue weighted by Crippen LogP contribution is -2.64. The van der Waals surface area contributed by atoms with Gasteiger partial charge in [-0.3, -0.25) is 81.7 Å². The minimum Gasteiger partial charge on any atom is -0.394 e.